The molecule has 0 amide bonds. The van der Waals surface area contributed by atoms with E-state index in [1.807, 2.05) is 5.38 Å². The van der Waals surface area contributed by atoms with Gasteiger partial charge in [0.2, 0.25) is 0 Å². The number of nitrogens with zero attached hydrogens (tertiary/aromatic N) is 2. The quantitative estimate of drug-likeness (QED) is 0.793. The summed E-state index contributed by atoms with van der Waals surface area (Å²) in [6.07, 6.45) is 0. The summed E-state index contributed by atoms with van der Waals surface area (Å²) in [6, 6.07) is 5.98. The Morgan fingerprint density at radius 2 is 2.25 bits per heavy atom. The number of thiazole rings is 1. The maximum atomic E-state index is 13.2. The summed E-state index contributed by atoms with van der Waals surface area (Å²) in [7, 11) is 0. The van der Waals surface area contributed by atoms with Crippen LogP contribution in [-0.2, 0) is 0 Å². The van der Waals surface area contributed by atoms with Gasteiger partial charge in [-0.25, -0.2) is 20.2 Å². The molecule has 102 valence electrons. The normalized spacial score (nSPS) is 21.9. The van der Waals surface area contributed by atoms with Gasteiger partial charge in [0.1, 0.15) is 16.9 Å². The molecule has 0 aliphatic carbocycles. The molecule has 0 saturated carbocycles. The van der Waals surface area contributed by atoms with E-state index in [4.69, 9.17) is 16.9 Å². The van der Waals surface area contributed by atoms with Gasteiger partial charge < -0.3 is 0 Å². The minimum absolute atomic E-state index is 0.0662. The number of nitriles is 1. The average molecular weight is 310 g/mol. The third-order valence-corrected chi connectivity index (χ3v) is 4.13. The molecule has 0 bridgehead atoms. The van der Waals surface area contributed by atoms with Crippen LogP contribution in [0.1, 0.15) is 11.7 Å². The summed E-state index contributed by atoms with van der Waals surface area (Å²) >= 11 is 7.19. The Kier molecular flexibility index (Phi) is 3.65. The van der Waals surface area contributed by atoms with Gasteiger partial charge in [-0.2, -0.15) is 10.8 Å². The van der Waals surface area contributed by atoms with E-state index in [1.54, 1.807) is 12.1 Å². The maximum absolute atomic E-state index is 13.2. The first-order valence-electron chi connectivity index (χ1n) is 5.75. The van der Waals surface area contributed by atoms with Gasteiger partial charge in [-0.1, -0.05) is 11.6 Å². The number of rotatable bonds is 2. The second-order valence-electron chi connectivity index (χ2n) is 4.20. The largest absolute Gasteiger partial charge is 0.239 e. The third-order valence-electron chi connectivity index (χ3n) is 2.93. The number of nitrogens with one attached hydrogen (secondary N) is 3. The van der Waals surface area contributed by atoms with E-state index in [9.17, 15) is 4.39 Å². The molecule has 8 heteroatoms. The molecule has 1 aromatic heterocycles. The molecular weight excluding hydrogens is 301 g/mol. The third kappa shape index (κ3) is 2.40. The van der Waals surface area contributed by atoms with Crippen LogP contribution in [0, 0.1) is 17.1 Å². The van der Waals surface area contributed by atoms with Crippen molar-refractivity contribution in [2.45, 2.75) is 12.1 Å². The Hall–Kier alpha value is -1.56. The SMILES string of the molecule is N#CC1NNNC1c1csc(-c2ccc(F)c(Cl)c2)n1. The molecular formula is C12H9ClFN5S. The van der Waals surface area contributed by atoms with E-state index < -0.39 is 11.9 Å². The molecule has 2 unspecified atom stereocenters. The molecule has 1 aliphatic heterocycles. The minimum atomic E-state index is -0.456. The molecule has 2 heterocycles. The van der Waals surface area contributed by atoms with E-state index in [0.29, 0.717) is 0 Å². The smallest absolute Gasteiger partial charge is 0.141 e. The fourth-order valence-corrected chi connectivity index (χ4v) is 2.94. The first-order valence-corrected chi connectivity index (χ1v) is 7.01. The van der Waals surface area contributed by atoms with Crippen LogP contribution in [0.15, 0.2) is 23.6 Å². The molecule has 1 aliphatic rings. The average Bonchev–Trinajstić information content (AvgIpc) is 3.09. The van der Waals surface area contributed by atoms with Crippen molar-refractivity contribution >= 4 is 22.9 Å². The summed E-state index contributed by atoms with van der Waals surface area (Å²) in [4.78, 5) is 4.48. The summed E-state index contributed by atoms with van der Waals surface area (Å²) in [6.45, 7) is 0. The first-order chi connectivity index (χ1) is 9.69. The van der Waals surface area contributed by atoms with Crippen LogP contribution < -0.4 is 16.4 Å². The number of benzene rings is 1. The van der Waals surface area contributed by atoms with Crippen molar-refractivity contribution in [2.24, 2.45) is 0 Å². The number of halogens is 2. The number of aromatic nitrogens is 1. The predicted octanol–water partition coefficient (Wildman–Crippen LogP) is 2.15. The minimum Gasteiger partial charge on any atom is -0.239 e. The molecule has 5 nitrogen and oxygen atoms in total. The van der Waals surface area contributed by atoms with Gasteiger partial charge >= 0.3 is 0 Å². The Labute approximate surface area is 123 Å². The molecule has 1 saturated heterocycles. The molecule has 0 radical (unpaired) electrons. The maximum Gasteiger partial charge on any atom is 0.141 e. The van der Waals surface area contributed by atoms with Crippen molar-refractivity contribution in [3.8, 4) is 16.6 Å². The molecule has 1 aromatic carbocycles. The van der Waals surface area contributed by atoms with Gasteiger partial charge in [-0.05, 0) is 18.2 Å². The van der Waals surface area contributed by atoms with Crippen LogP contribution in [0.4, 0.5) is 4.39 Å². The van der Waals surface area contributed by atoms with Gasteiger partial charge in [-0.3, -0.25) is 0 Å². The summed E-state index contributed by atoms with van der Waals surface area (Å²) in [5, 5.41) is 11.7. The Morgan fingerprint density at radius 1 is 1.40 bits per heavy atom. The van der Waals surface area contributed by atoms with Crippen molar-refractivity contribution in [2.75, 3.05) is 0 Å². The number of hydrogen-bond acceptors (Lipinski definition) is 6. The summed E-state index contributed by atoms with van der Waals surface area (Å²) < 4.78 is 13.2. The fraction of sp³-hybridized carbons (Fsp3) is 0.167. The van der Waals surface area contributed by atoms with Crippen molar-refractivity contribution in [3.63, 3.8) is 0 Å². The number of hydrogen-bond donors (Lipinski definition) is 3. The van der Waals surface area contributed by atoms with Crippen molar-refractivity contribution < 1.29 is 4.39 Å². The Bertz CT molecular complexity index is 683. The molecule has 2 aromatic rings. The van der Waals surface area contributed by atoms with Crippen LogP contribution in [0.2, 0.25) is 5.02 Å². The lowest BCUT2D eigenvalue weighted by molar-refractivity contribution is 0.550. The van der Waals surface area contributed by atoms with Gasteiger partial charge in [-0.15, -0.1) is 11.3 Å². The topological polar surface area (TPSA) is 72.8 Å². The van der Waals surface area contributed by atoms with Crippen LogP contribution in [-0.4, -0.2) is 11.0 Å². The first kappa shape index (κ1) is 13.4. The lowest BCUT2D eigenvalue weighted by Gasteiger charge is -2.07. The fourth-order valence-electron chi connectivity index (χ4n) is 1.91. The van der Waals surface area contributed by atoms with Gasteiger partial charge in [0.05, 0.1) is 22.8 Å². The van der Waals surface area contributed by atoms with Gasteiger partial charge in [0.15, 0.2) is 0 Å². The highest BCUT2D eigenvalue weighted by atomic mass is 35.5. The highest BCUT2D eigenvalue weighted by molar-refractivity contribution is 7.13. The molecule has 2 atom stereocenters. The van der Waals surface area contributed by atoms with E-state index in [-0.39, 0.29) is 11.1 Å². The second kappa shape index (κ2) is 5.44. The summed E-state index contributed by atoms with van der Waals surface area (Å²) in [5.41, 5.74) is 9.93. The summed E-state index contributed by atoms with van der Waals surface area (Å²) in [5.74, 6) is -0.456. The molecule has 3 rings (SSSR count). The van der Waals surface area contributed by atoms with Crippen LogP contribution in [0.5, 0.6) is 0 Å². The van der Waals surface area contributed by atoms with Crippen molar-refractivity contribution in [1.29, 1.82) is 5.26 Å². The lowest BCUT2D eigenvalue weighted by atomic mass is 10.1. The zero-order valence-corrected chi connectivity index (χ0v) is 11.6. The van der Waals surface area contributed by atoms with E-state index in [2.05, 4.69) is 27.4 Å². The van der Waals surface area contributed by atoms with Crippen molar-refractivity contribution in [3.05, 3.63) is 40.1 Å². The Morgan fingerprint density at radius 3 is 3.00 bits per heavy atom. The van der Waals surface area contributed by atoms with E-state index in [0.717, 1.165) is 16.3 Å². The van der Waals surface area contributed by atoms with Crippen molar-refractivity contribution in [1.82, 2.24) is 21.4 Å². The Balaban J connectivity index is 1.90. The molecule has 3 N–H and O–H groups in total. The molecule has 1 fully saturated rings. The zero-order valence-electron chi connectivity index (χ0n) is 10.0. The number of hydrazine groups is 2. The molecule has 20 heavy (non-hydrogen) atoms. The highest BCUT2D eigenvalue weighted by Crippen LogP contribution is 2.30. The highest BCUT2D eigenvalue weighted by Gasteiger charge is 2.29. The monoisotopic (exact) mass is 309 g/mol. The van der Waals surface area contributed by atoms with E-state index in [1.165, 1.54) is 17.4 Å². The van der Waals surface area contributed by atoms with E-state index >= 15 is 0 Å². The second-order valence-corrected chi connectivity index (χ2v) is 5.47. The van der Waals surface area contributed by atoms with Crippen LogP contribution in [0.25, 0.3) is 10.6 Å². The van der Waals surface area contributed by atoms with Gasteiger partial charge in [0.25, 0.3) is 0 Å². The van der Waals surface area contributed by atoms with Crippen LogP contribution in [0.3, 0.4) is 0 Å². The van der Waals surface area contributed by atoms with Gasteiger partial charge in [0, 0.05) is 10.9 Å². The van der Waals surface area contributed by atoms with Crippen LogP contribution >= 0.6 is 22.9 Å². The lowest BCUT2D eigenvalue weighted by Crippen LogP contribution is -2.32. The zero-order chi connectivity index (χ0) is 14.1. The standard InChI is InChI=1S/C12H9ClFN5S/c13-7-3-6(1-2-8(7)14)12-16-10(5-20-12)11-9(4-15)17-19-18-11/h1-3,5,9,11,17-19H. The predicted molar refractivity (Wildman–Crippen MR) is 74.1 cm³/mol. The molecule has 0 spiro atoms.